The fourth-order valence-corrected chi connectivity index (χ4v) is 4.94. The highest BCUT2D eigenvalue weighted by Gasteiger charge is 2.43. The van der Waals surface area contributed by atoms with Gasteiger partial charge in [-0.2, -0.15) is 4.31 Å². The molecule has 0 radical (unpaired) electrons. The summed E-state index contributed by atoms with van der Waals surface area (Å²) in [5.74, 6) is -0.442. The number of hydrogen-bond donors (Lipinski definition) is 2. The van der Waals surface area contributed by atoms with Crippen molar-refractivity contribution in [2.75, 3.05) is 6.54 Å². The van der Waals surface area contributed by atoms with E-state index in [4.69, 9.17) is 11.6 Å². The highest BCUT2D eigenvalue weighted by molar-refractivity contribution is 7.89. The number of benzene rings is 2. The van der Waals surface area contributed by atoms with Crippen molar-refractivity contribution in [1.82, 2.24) is 9.62 Å². The first-order valence-corrected chi connectivity index (χ1v) is 10.4. The summed E-state index contributed by atoms with van der Waals surface area (Å²) in [4.78, 5) is 12.7. The SMILES string of the molecule is Cc1ccc(S(=O)(=O)N2CC(O)CC2C(=O)NCc2cccc(Cl)c2)cc1. The summed E-state index contributed by atoms with van der Waals surface area (Å²) in [7, 11) is -3.88. The maximum atomic E-state index is 12.9. The van der Waals surface area contributed by atoms with Crippen LogP contribution in [0.2, 0.25) is 5.02 Å². The Morgan fingerprint density at radius 2 is 1.96 bits per heavy atom. The molecule has 1 aliphatic rings. The van der Waals surface area contributed by atoms with E-state index in [1.807, 2.05) is 13.0 Å². The second kappa shape index (κ2) is 7.98. The van der Waals surface area contributed by atoms with Crippen LogP contribution in [0.15, 0.2) is 53.4 Å². The van der Waals surface area contributed by atoms with E-state index in [0.29, 0.717) is 5.02 Å². The molecule has 27 heavy (non-hydrogen) atoms. The van der Waals surface area contributed by atoms with Crippen LogP contribution in [-0.4, -0.2) is 42.4 Å². The molecule has 144 valence electrons. The molecule has 1 fully saturated rings. The third-order valence-corrected chi connectivity index (χ3v) is 6.64. The Bertz CT molecular complexity index is 931. The minimum Gasteiger partial charge on any atom is -0.392 e. The van der Waals surface area contributed by atoms with Crippen LogP contribution in [0.1, 0.15) is 17.5 Å². The van der Waals surface area contributed by atoms with Crippen LogP contribution in [0.25, 0.3) is 0 Å². The summed E-state index contributed by atoms with van der Waals surface area (Å²) in [5.41, 5.74) is 1.74. The quantitative estimate of drug-likeness (QED) is 0.793. The van der Waals surface area contributed by atoms with Crippen molar-refractivity contribution >= 4 is 27.5 Å². The fourth-order valence-electron chi connectivity index (χ4n) is 3.09. The lowest BCUT2D eigenvalue weighted by Crippen LogP contribution is -2.45. The van der Waals surface area contributed by atoms with Gasteiger partial charge >= 0.3 is 0 Å². The number of amides is 1. The maximum absolute atomic E-state index is 12.9. The molecule has 0 aliphatic carbocycles. The lowest BCUT2D eigenvalue weighted by Gasteiger charge is -2.23. The number of β-amino-alcohol motifs (C(OH)–C–C–N with tert-alkyl or cyclic N) is 1. The molecule has 1 saturated heterocycles. The molecule has 1 amide bonds. The number of aliphatic hydroxyl groups excluding tert-OH is 1. The Labute approximate surface area is 163 Å². The van der Waals surface area contributed by atoms with Gasteiger partial charge in [0.2, 0.25) is 15.9 Å². The highest BCUT2D eigenvalue weighted by atomic mass is 35.5. The molecule has 2 atom stereocenters. The van der Waals surface area contributed by atoms with Gasteiger partial charge < -0.3 is 10.4 Å². The molecular formula is C19H21ClN2O4S. The number of carbonyl (C=O) groups excluding carboxylic acids is 1. The Balaban J connectivity index is 1.77. The van der Waals surface area contributed by atoms with E-state index in [-0.39, 0.29) is 24.4 Å². The summed E-state index contributed by atoms with van der Waals surface area (Å²) in [6.07, 6.45) is -0.820. The summed E-state index contributed by atoms with van der Waals surface area (Å²) in [6, 6.07) is 12.5. The Kier molecular flexibility index (Phi) is 5.86. The lowest BCUT2D eigenvalue weighted by atomic mass is 10.2. The van der Waals surface area contributed by atoms with Crippen molar-refractivity contribution in [3.8, 4) is 0 Å². The van der Waals surface area contributed by atoms with Crippen LogP contribution in [0.4, 0.5) is 0 Å². The van der Waals surface area contributed by atoms with Crippen LogP contribution in [0.5, 0.6) is 0 Å². The fraction of sp³-hybridized carbons (Fsp3) is 0.316. The van der Waals surface area contributed by atoms with Crippen molar-refractivity contribution in [3.63, 3.8) is 0 Å². The third kappa shape index (κ3) is 4.50. The van der Waals surface area contributed by atoms with E-state index in [0.717, 1.165) is 15.4 Å². The largest absolute Gasteiger partial charge is 0.392 e. The first kappa shape index (κ1) is 19.8. The molecule has 1 aliphatic heterocycles. The van der Waals surface area contributed by atoms with Gasteiger partial charge in [0.15, 0.2) is 0 Å². The summed E-state index contributed by atoms with van der Waals surface area (Å²) >= 11 is 5.94. The molecule has 3 rings (SSSR count). The molecule has 0 aromatic heterocycles. The molecule has 0 bridgehead atoms. The predicted molar refractivity (Wildman–Crippen MR) is 103 cm³/mol. The van der Waals surface area contributed by atoms with Crippen molar-refractivity contribution in [2.45, 2.75) is 36.9 Å². The maximum Gasteiger partial charge on any atom is 0.243 e. The normalized spacial score (nSPS) is 20.6. The zero-order valence-electron chi connectivity index (χ0n) is 14.8. The molecule has 8 heteroatoms. The van der Waals surface area contributed by atoms with Gasteiger partial charge in [-0.15, -0.1) is 0 Å². The van der Waals surface area contributed by atoms with Crippen molar-refractivity contribution < 1.29 is 18.3 Å². The molecular weight excluding hydrogens is 388 g/mol. The van der Waals surface area contributed by atoms with E-state index in [9.17, 15) is 18.3 Å². The highest BCUT2D eigenvalue weighted by Crippen LogP contribution is 2.27. The van der Waals surface area contributed by atoms with E-state index >= 15 is 0 Å². The third-order valence-electron chi connectivity index (χ3n) is 4.52. The van der Waals surface area contributed by atoms with Gasteiger partial charge in [0.1, 0.15) is 6.04 Å². The summed E-state index contributed by atoms with van der Waals surface area (Å²) in [5, 5.41) is 13.3. The van der Waals surface area contributed by atoms with Crippen LogP contribution in [0, 0.1) is 6.92 Å². The van der Waals surface area contributed by atoms with Gasteiger partial charge in [0.05, 0.1) is 11.0 Å². The molecule has 0 spiro atoms. The first-order chi connectivity index (χ1) is 12.8. The lowest BCUT2D eigenvalue weighted by molar-refractivity contribution is -0.124. The van der Waals surface area contributed by atoms with Gasteiger partial charge in [0.25, 0.3) is 0 Å². The average molecular weight is 409 g/mol. The molecule has 2 aromatic rings. The number of aryl methyl sites for hydroxylation is 1. The van der Waals surface area contributed by atoms with Crippen molar-refractivity contribution in [2.24, 2.45) is 0 Å². The van der Waals surface area contributed by atoms with Gasteiger partial charge in [-0.3, -0.25) is 4.79 Å². The Hall–Kier alpha value is -1.93. The second-order valence-corrected chi connectivity index (χ2v) is 8.97. The minimum atomic E-state index is -3.88. The van der Waals surface area contributed by atoms with Crippen LogP contribution in [0.3, 0.4) is 0 Å². The van der Waals surface area contributed by atoms with Crippen LogP contribution < -0.4 is 5.32 Å². The molecule has 0 saturated carbocycles. The van der Waals surface area contributed by atoms with Gasteiger partial charge in [-0.25, -0.2) is 8.42 Å². The summed E-state index contributed by atoms with van der Waals surface area (Å²) in [6.45, 7) is 1.98. The monoisotopic (exact) mass is 408 g/mol. The zero-order chi connectivity index (χ0) is 19.6. The number of nitrogens with one attached hydrogen (secondary N) is 1. The standard InChI is InChI=1S/C19H21ClN2O4S/c1-13-5-7-17(8-6-13)27(25,26)22-12-16(23)10-18(22)19(24)21-11-14-3-2-4-15(20)9-14/h2-9,16,18,23H,10-12H2,1H3,(H,21,24). The van der Waals surface area contributed by atoms with E-state index < -0.39 is 28.1 Å². The Morgan fingerprint density at radius 3 is 2.63 bits per heavy atom. The molecule has 2 aromatic carbocycles. The average Bonchev–Trinajstić information content (AvgIpc) is 3.03. The van der Waals surface area contributed by atoms with Crippen LogP contribution in [-0.2, 0) is 21.4 Å². The number of carbonyl (C=O) groups is 1. The van der Waals surface area contributed by atoms with Gasteiger partial charge in [0, 0.05) is 24.5 Å². The van der Waals surface area contributed by atoms with E-state index in [2.05, 4.69) is 5.32 Å². The molecule has 1 heterocycles. The number of sulfonamides is 1. The predicted octanol–water partition coefficient (Wildman–Crippen LogP) is 2.09. The van der Waals surface area contributed by atoms with Gasteiger partial charge in [-0.05, 0) is 36.8 Å². The number of rotatable bonds is 5. The molecule has 2 unspecified atom stereocenters. The van der Waals surface area contributed by atoms with Gasteiger partial charge in [-0.1, -0.05) is 41.4 Å². The zero-order valence-corrected chi connectivity index (χ0v) is 16.4. The Morgan fingerprint density at radius 1 is 1.26 bits per heavy atom. The number of halogens is 1. The smallest absolute Gasteiger partial charge is 0.243 e. The topological polar surface area (TPSA) is 86.7 Å². The van der Waals surface area contributed by atoms with Crippen LogP contribution >= 0.6 is 11.6 Å². The molecule has 6 nitrogen and oxygen atoms in total. The number of hydrogen-bond acceptors (Lipinski definition) is 4. The number of aliphatic hydroxyl groups is 1. The minimum absolute atomic E-state index is 0.0620. The van der Waals surface area contributed by atoms with Crippen molar-refractivity contribution in [1.29, 1.82) is 0 Å². The van der Waals surface area contributed by atoms with E-state index in [1.165, 1.54) is 12.1 Å². The number of nitrogens with zero attached hydrogens (tertiary/aromatic N) is 1. The molecule has 2 N–H and O–H groups in total. The first-order valence-electron chi connectivity index (χ1n) is 8.56. The second-order valence-electron chi connectivity index (χ2n) is 6.64. The van der Waals surface area contributed by atoms with E-state index in [1.54, 1.807) is 30.3 Å². The summed E-state index contributed by atoms with van der Waals surface area (Å²) < 4.78 is 27.0. The van der Waals surface area contributed by atoms with Crippen molar-refractivity contribution in [3.05, 3.63) is 64.7 Å².